The summed E-state index contributed by atoms with van der Waals surface area (Å²) in [6.07, 6.45) is -2.17. The normalized spacial score (nSPS) is 11.1. The third-order valence-electron chi connectivity index (χ3n) is 3.59. The number of aryl methyl sites for hydroxylation is 1. The smallest absolute Gasteiger partial charge is 0.477 e. The highest BCUT2D eigenvalue weighted by molar-refractivity contribution is 5.76. The van der Waals surface area contributed by atoms with Gasteiger partial charge in [-0.2, -0.15) is 0 Å². The molecule has 0 unspecified atom stereocenters. The van der Waals surface area contributed by atoms with Gasteiger partial charge in [-0.3, -0.25) is 4.79 Å². The summed E-state index contributed by atoms with van der Waals surface area (Å²) in [6.45, 7) is 2.73. The molecule has 1 heterocycles. The zero-order valence-electron chi connectivity index (χ0n) is 14.9. The maximum absolute atomic E-state index is 12.4. The molecule has 0 aliphatic carbocycles. The lowest BCUT2D eigenvalue weighted by Gasteiger charge is -2.13. The van der Waals surface area contributed by atoms with Gasteiger partial charge in [0, 0.05) is 24.7 Å². The number of benzene rings is 1. The summed E-state index contributed by atoms with van der Waals surface area (Å²) in [4.78, 5) is 16.2. The molecule has 8 heteroatoms. The molecule has 0 bridgehead atoms. The Morgan fingerprint density at radius 1 is 1.15 bits per heavy atom. The van der Waals surface area contributed by atoms with Gasteiger partial charge in [-0.05, 0) is 30.5 Å². The second-order valence-electron chi connectivity index (χ2n) is 5.75. The summed E-state index contributed by atoms with van der Waals surface area (Å²) < 4.78 is 46.8. The molecule has 0 saturated carbocycles. The Morgan fingerprint density at radius 2 is 1.89 bits per heavy atom. The molecule has 146 valence electrons. The maximum atomic E-state index is 12.4. The van der Waals surface area contributed by atoms with Gasteiger partial charge in [-0.1, -0.05) is 31.2 Å². The summed E-state index contributed by atoms with van der Waals surface area (Å²) in [5.41, 5.74) is 1.05. The summed E-state index contributed by atoms with van der Waals surface area (Å²) in [7, 11) is 0. The van der Waals surface area contributed by atoms with Crippen LogP contribution in [0.5, 0.6) is 11.6 Å². The van der Waals surface area contributed by atoms with Gasteiger partial charge < -0.3 is 14.8 Å². The Balaban J connectivity index is 1.89. The van der Waals surface area contributed by atoms with Crippen LogP contribution in [-0.4, -0.2) is 23.9 Å². The molecule has 2 aromatic rings. The van der Waals surface area contributed by atoms with Crippen LogP contribution < -0.4 is 14.8 Å². The number of halogens is 3. The van der Waals surface area contributed by atoms with Crippen molar-refractivity contribution in [2.75, 3.05) is 6.61 Å². The molecule has 1 aromatic heterocycles. The number of carbonyl (C=O) groups excluding carboxylic acids is 1. The third-order valence-corrected chi connectivity index (χ3v) is 3.59. The molecule has 0 atom stereocenters. The molecule has 27 heavy (non-hydrogen) atoms. The van der Waals surface area contributed by atoms with Gasteiger partial charge in [0.15, 0.2) is 0 Å². The number of nitrogens with one attached hydrogen (secondary N) is 1. The minimum absolute atomic E-state index is 0.0314. The third kappa shape index (κ3) is 7.16. The Bertz CT molecular complexity index is 751. The molecule has 0 aliphatic rings. The van der Waals surface area contributed by atoms with E-state index in [1.807, 2.05) is 6.92 Å². The number of amides is 1. The van der Waals surface area contributed by atoms with Crippen LogP contribution in [0.25, 0.3) is 0 Å². The van der Waals surface area contributed by atoms with Gasteiger partial charge in [0.05, 0.1) is 6.61 Å². The Labute approximate surface area is 155 Å². The largest absolute Gasteiger partial charge is 0.573 e. The highest BCUT2D eigenvalue weighted by atomic mass is 19.4. The van der Waals surface area contributed by atoms with Crippen LogP contribution in [0, 0.1) is 0 Å². The van der Waals surface area contributed by atoms with E-state index < -0.39 is 6.36 Å². The Kier molecular flexibility index (Phi) is 7.45. The molecule has 0 spiro atoms. The van der Waals surface area contributed by atoms with E-state index in [9.17, 15) is 18.0 Å². The number of aromatic nitrogens is 1. The highest BCUT2D eigenvalue weighted by Crippen LogP contribution is 2.27. The number of para-hydroxylation sites is 1. The van der Waals surface area contributed by atoms with Crippen molar-refractivity contribution in [2.45, 2.75) is 39.1 Å². The van der Waals surface area contributed by atoms with Gasteiger partial charge in [-0.25, -0.2) is 4.98 Å². The van der Waals surface area contributed by atoms with Gasteiger partial charge in [0.1, 0.15) is 5.75 Å². The lowest BCUT2D eigenvalue weighted by atomic mass is 10.1. The molecular weight excluding hydrogens is 361 g/mol. The molecular formula is C19H21F3N2O3. The van der Waals surface area contributed by atoms with Crippen molar-refractivity contribution < 1.29 is 27.4 Å². The summed E-state index contributed by atoms with van der Waals surface area (Å²) in [6, 6.07) is 9.32. The molecule has 1 N–H and O–H groups in total. The number of rotatable bonds is 9. The first kappa shape index (κ1) is 20.5. The molecule has 0 saturated heterocycles. The number of alkyl halides is 3. The van der Waals surface area contributed by atoms with Crippen LogP contribution in [-0.2, 0) is 17.8 Å². The number of nitrogens with zero attached hydrogens (tertiary/aromatic N) is 1. The molecule has 1 aromatic carbocycles. The van der Waals surface area contributed by atoms with E-state index in [2.05, 4.69) is 15.0 Å². The second-order valence-corrected chi connectivity index (χ2v) is 5.75. The fraction of sp³-hybridized carbons (Fsp3) is 0.368. The minimum Gasteiger partial charge on any atom is -0.477 e. The zero-order chi connectivity index (χ0) is 19.7. The van der Waals surface area contributed by atoms with Crippen molar-refractivity contribution in [3.8, 4) is 11.6 Å². The minimum atomic E-state index is -4.77. The van der Waals surface area contributed by atoms with E-state index in [-0.39, 0.29) is 31.0 Å². The van der Waals surface area contributed by atoms with Gasteiger partial charge in [0.2, 0.25) is 11.8 Å². The first-order valence-electron chi connectivity index (χ1n) is 8.56. The number of ether oxygens (including phenoxy) is 2. The van der Waals surface area contributed by atoms with Crippen LogP contribution in [0.4, 0.5) is 13.2 Å². The van der Waals surface area contributed by atoms with Gasteiger partial charge >= 0.3 is 6.36 Å². The van der Waals surface area contributed by atoms with Crippen molar-refractivity contribution >= 4 is 5.91 Å². The Hall–Kier alpha value is -2.77. The standard InChI is InChI=1S/C19H21F3N2O3/c1-2-12-26-18-15(7-5-11-23-18)13-24-17(25)10-9-14-6-3-4-8-16(14)27-19(20,21)22/h3-8,11H,2,9-10,12-13H2,1H3,(H,24,25). The first-order valence-corrected chi connectivity index (χ1v) is 8.56. The molecule has 2 rings (SSSR count). The summed E-state index contributed by atoms with van der Waals surface area (Å²) >= 11 is 0. The predicted molar refractivity (Wildman–Crippen MR) is 93.3 cm³/mol. The summed E-state index contributed by atoms with van der Waals surface area (Å²) in [5.74, 6) is -0.119. The van der Waals surface area contributed by atoms with Crippen LogP contribution in [0.2, 0.25) is 0 Å². The van der Waals surface area contributed by atoms with Gasteiger partial charge in [-0.15, -0.1) is 13.2 Å². The molecule has 1 amide bonds. The number of hydrogen-bond acceptors (Lipinski definition) is 4. The lowest BCUT2D eigenvalue weighted by Crippen LogP contribution is -2.24. The number of hydrogen-bond donors (Lipinski definition) is 1. The van der Waals surface area contributed by atoms with Crippen molar-refractivity contribution in [1.82, 2.24) is 10.3 Å². The average Bonchev–Trinajstić information content (AvgIpc) is 2.63. The topological polar surface area (TPSA) is 60.5 Å². The van der Waals surface area contributed by atoms with Crippen LogP contribution >= 0.6 is 0 Å². The molecule has 0 fully saturated rings. The number of carbonyl (C=O) groups is 1. The first-order chi connectivity index (χ1) is 12.9. The van der Waals surface area contributed by atoms with E-state index in [1.165, 1.54) is 18.2 Å². The highest BCUT2D eigenvalue weighted by Gasteiger charge is 2.31. The lowest BCUT2D eigenvalue weighted by molar-refractivity contribution is -0.274. The van der Waals surface area contributed by atoms with Crippen molar-refractivity contribution in [2.24, 2.45) is 0 Å². The Morgan fingerprint density at radius 3 is 2.63 bits per heavy atom. The predicted octanol–water partition coefficient (Wildman–Crippen LogP) is 4.02. The van der Waals surface area contributed by atoms with Gasteiger partial charge in [0.25, 0.3) is 0 Å². The SMILES string of the molecule is CCCOc1ncccc1CNC(=O)CCc1ccccc1OC(F)(F)F. The van der Waals surface area contributed by atoms with Crippen LogP contribution in [0.15, 0.2) is 42.6 Å². The average molecular weight is 382 g/mol. The summed E-state index contributed by atoms with van der Waals surface area (Å²) in [5, 5.41) is 2.73. The molecule has 0 radical (unpaired) electrons. The van der Waals surface area contributed by atoms with Crippen molar-refractivity contribution in [3.05, 3.63) is 53.7 Å². The zero-order valence-corrected chi connectivity index (χ0v) is 14.9. The fourth-order valence-corrected chi connectivity index (χ4v) is 2.35. The van der Waals surface area contributed by atoms with Crippen LogP contribution in [0.1, 0.15) is 30.9 Å². The maximum Gasteiger partial charge on any atom is 0.573 e. The van der Waals surface area contributed by atoms with E-state index in [4.69, 9.17) is 4.74 Å². The van der Waals surface area contributed by atoms with E-state index in [1.54, 1.807) is 24.4 Å². The number of pyridine rings is 1. The van der Waals surface area contributed by atoms with E-state index in [0.717, 1.165) is 12.0 Å². The molecule has 5 nitrogen and oxygen atoms in total. The molecule has 0 aliphatic heterocycles. The van der Waals surface area contributed by atoms with E-state index >= 15 is 0 Å². The van der Waals surface area contributed by atoms with Crippen molar-refractivity contribution in [3.63, 3.8) is 0 Å². The quantitative estimate of drug-likeness (QED) is 0.712. The van der Waals surface area contributed by atoms with Crippen molar-refractivity contribution in [1.29, 1.82) is 0 Å². The van der Waals surface area contributed by atoms with E-state index in [0.29, 0.717) is 18.1 Å². The fourth-order valence-electron chi connectivity index (χ4n) is 2.35. The van der Waals surface area contributed by atoms with Crippen LogP contribution in [0.3, 0.4) is 0 Å². The second kappa shape index (κ2) is 9.80. The monoisotopic (exact) mass is 382 g/mol.